The fourth-order valence-electron chi connectivity index (χ4n) is 2.04. The van der Waals surface area contributed by atoms with Gasteiger partial charge in [0, 0.05) is 6.61 Å². The van der Waals surface area contributed by atoms with Crippen LogP contribution >= 0.6 is 15.9 Å². The summed E-state index contributed by atoms with van der Waals surface area (Å²) in [5, 5.41) is 9.08. The lowest BCUT2D eigenvalue weighted by Gasteiger charge is -2.25. The molecule has 1 aromatic rings. The predicted octanol–water partition coefficient (Wildman–Crippen LogP) is 3.10. The van der Waals surface area contributed by atoms with Crippen LogP contribution in [0, 0.1) is 0 Å². The molecule has 1 aromatic carbocycles. The zero-order chi connectivity index (χ0) is 14.5. The smallest absolute Gasteiger partial charge is 0.335 e. The maximum atomic E-state index is 11.1. The van der Waals surface area contributed by atoms with Gasteiger partial charge < -0.3 is 19.3 Å². The first-order chi connectivity index (χ1) is 9.61. The Labute approximate surface area is 126 Å². The maximum absolute atomic E-state index is 11.1. The molecule has 1 saturated heterocycles. The minimum Gasteiger partial charge on any atom is -0.490 e. The standard InChI is InChI=1S/C14H17BrO5/c1-2-19-12-7-9(14(16)17)6-11(15)13(12)20-10-4-3-5-18-8-10/h6-7,10H,2-5,8H2,1H3,(H,16,17). The summed E-state index contributed by atoms with van der Waals surface area (Å²) < 4.78 is 17.4. The Morgan fingerprint density at radius 3 is 2.95 bits per heavy atom. The van der Waals surface area contributed by atoms with Gasteiger partial charge in [0.2, 0.25) is 0 Å². The summed E-state index contributed by atoms with van der Waals surface area (Å²) in [6.45, 7) is 3.58. The summed E-state index contributed by atoms with van der Waals surface area (Å²) in [6, 6.07) is 3.00. The number of benzene rings is 1. The summed E-state index contributed by atoms with van der Waals surface area (Å²) in [5.74, 6) is -0.0311. The molecule has 1 aliphatic rings. The molecular formula is C14H17BrO5. The number of halogens is 1. The van der Waals surface area contributed by atoms with Crippen LogP contribution in [0.1, 0.15) is 30.1 Å². The van der Waals surface area contributed by atoms with Gasteiger partial charge in [-0.1, -0.05) is 0 Å². The largest absolute Gasteiger partial charge is 0.490 e. The molecule has 0 bridgehead atoms. The van der Waals surface area contributed by atoms with Crippen molar-refractivity contribution < 1.29 is 24.1 Å². The van der Waals surface area contributed by atoms with Gasteiger partial charge >= 0.3 is 5.97 Å². The van der Waals surface area contributed by atoms with Gasteiger partial charge in [0.1, 0.15) is 6.10 Å². The second-order valence-corrected chi connectivity index (χ2v) is 5.33. The van der Waals surface area contributed by atoms with E-state index in [1.54, 1.807) is 0 Å². The van der Waals surface area contributed by atoms with Crippen LogP contribution in [0.25, 0.3) is 0 Å². The zero-order valence-corrected chi connectivity index (χ0v) is 12.8. The van der Waals surface area contributed by atoms with Crippen molar-refractivity contribution >= 4 is 21.9 Å². The molecule has 20 heavy (non-hydrogen) atoms. The summed E-state index contributed by atoms with van der Waals surface area (Å²) >= 11 is 3.35. The van der Waals surface area contributed by atoms with E-state index in [2.05, 4.69) is 15.9 Å². The van der Waals surface area contributed by atoms with Gasteiger partial charge in [-0.3, -0.25) is 0 Å². The van der Waals surface area contributed by atoms with Crippen molar-refractivity contribution in [2.45, 2.75) is 25.9 Å². The average molecular weight is 345 g/mol. The minimum absolute atomic E-state index is 0.0325. The van der Waals surface area contributed by atoms with Gasteiger partial charge in [-0.25, -0.2) is 4.79 Å². The van der Waals surface area contributed by atoms with E-state index in [1.165, 1.54) is 12.1 Å². The number of rotatable bonds is 5. The summed E-state index contributed by atoms with van der Waals surface area (Å²) in [7, 11) is 0. The van der Waals surface area contributed by atoms with Gasteiger partial charge in [0.25, 0.3) is 0 Å². The van der Waals surface area contributed by atoms with Crippen LogP contribution in [0.4, 0.5) is 0 Å². The number of hydrogen-bond donors (Lipinski definition) is 1. The Morgan fingerprint density at radius 2 is 2.35 bits per heavy atom. The first kappa shape index (κ1) is 15.1. The highest BCUT2D eigenvalue weighted by Crippen LogP contribution is 2.38. The van der Waals surface area contributed by atoms with Gasteiger partial charge in [-0.05, 0) is 47.8 Å². The van der Waals surface area contributed by atoms with Crippen molar-refractivity contribution in [3.8, 4) is 11.5 Å². The monoisotopic (exact) mass is 344 g/mol. The lowest BCUT2D eigenvalue weighted by molar-refractivity contribution is 0.00589. The van der Waals surface area contributed by atoms with Crippen molar-refractivity contribution in [2.24, 2.45) is 0 Å². The second kappa shape index (κ2) is 6.95. The fourth-order valence-corrected chi connectivity index (χ4v) is 2.58. The van der Waals surface area contributed by atoms with E-state index in [4.69, 9.17) is 19.3 Å². The van der Waals surface area contributed by atoms with Crippen LogP contribution in [0.3, 0.4) is 0 Å². The van der Waals surface area contributed by atoms with Crippen LogP contribution in [-0.2, 0) is 4.74 Å². The van der Waals surface area contributed by atoms with Gasteiger partial charge in [-0.2, -0.15) is 0 Å². The Morgan fingerprint density at radius 1 is 1.55 bits per heavy atom. The summed E-state index contributed by atoms with van der Waals surface area (Å²) in [6.07, 6.45) is 1.84. The van der Waals surface area contributed by atoms with Gasteiger partial charge in [-0.15, -0.1) is 0 Å². The number of ether oxygens (including phenoxy) is 3. The molecule has 0 amide bonds. The molecule has 6 heteroatoms. The maximum Gasteiger partial charge on any atom is 0.335 e. The van der Waals surface area contributed by atoms with Crippen molar-refractivity contribution in [2.75, 3.05) is 19.8 Å². The summed E-state index contributed by atoms with van der Waals surface area (Å²) in [5.41, 5.74) is 0.160. The first-order valence-electron chi connectivity index (χ1n) is 6.55. The van der Waals surface area contributed by atoms with Crippen molar-refractivity contribution in [1.82, 2.24) is 0 Å². The fraction of sp³-hybridized carbons (Fsp3) is 0.500. The molecule has 1 unspecified atom stereocenters. The highest BCUT2D eigenvalue weighted by atomic mass is 79.9. The molecule has 0 saturated carbocycles. The second-order valence-electron chi connectivity index (χ2n) is 4.48. The average Bonchev–Trinajstić information content (AvgIpc) is 2.43. The zero-order valence-electron chi connectivity index (χ0n) is 11.2. The molecule has 0 aliphatic carbocycles. The first-order valence-corrected chi connectivity index (χ1v) is 7.35. The number of carboxylic acid groups (broad SMARTS) is 1. The van der Waals surface area contributed by atoms with E-state index in [1.807, 2.05) is 6.92 Å². The molecular weight excluding hydrogens is 328 g/mol. The van der Waals surface area contributed by atoms with Crippen molar-refractivity contribution in [3.05, 3.63) is 22.2 Å². The molecule has 0 aromatic heterocycles. The Balaban J connectivity index is 2.27. The van der Waals surface area contributed by atoms with E-state index in [-0.39, 0.29) is 11.7 Å². The predicted molar refractivity (Wildman–Crippen MR) is 76.7 cm³/mol. The normalized spacial score (nSPS) is 18.6. The quantitative estimate of drug-likeness (QED) is 0.888. The van der Waals surface area contributed by atoms with E-state index in [9.17, 15) is 4.79 Å². The Hall–Kier alpha value is -1.27. The highest BCUT2D eigenvalue weighted by Gasteiger charge is 2.21. The molecule has 0 radical (unpaired) electrons. The highest BCUT2D eigenvalue weighted by molar-refractivity contribution is 9.10. The summed E-state index contributed by atoms with van der Waals surface area (Å²) in [4.78, 5) is 11.1. The Kier molecular flexibility index (Phi) is 5.25. The molecule has 1 atom stereocenters. The molecule has 1 aliphatic heterocycles. The molecule has 1 heterocycles. The van der Waals surface area contributed by atoms with Crippen molar-refractivity contribution in [3.63, 3.8) is 0 Å². The van der Waals surface area contributed by atoms with Gasteiger partial charge in [0.15, 0.2) is 11.5 Å². The minimum atomic E-state index is -1.00. The van der Waals surface area contributed by atoms with Crippen LogP contribution in [0.2, 0.25) is 0 Å². The van der Waals surface area contributed by atoms with Crippen molar-refractivity contribution in [1.29, 1.82) is 0 Å². The van der Waals surface area contributed by atoms with E-state index < -0.39 is 5.97 Å². The van der Waals surface area contributed by atoms with E-state index in [0.717, 1.165) is 19.4 Å². The van der Waals surface area contributed by atoms with Crippen LogP contribution in [0.5, 0.6) is 11.5 Å². The molecule has 1 fully saturated rings. The third-order valence-corrected chi connectivity index (χ3v) is 3.55. The molecule has 2 rings (SSSR count). The third-order valence-electron chi connectivity index (χ3n) is 2.96. The SMILES string of the molecule is CCOc1cc(C(=O)O)cc(Br)c1OC1CCCOC1. The van der Waals surface area contributed by atoms with Crippen LogP contribution < -0.4 is 9.47 Å². The number of hydrogen-bond acceptors (Lipinski definition) is 4. The lowest BCUT2D eigenvalue weighted by atomic mass is 10.1. The van der Waals surface area contributed by atoms with Crippen LogP contribution in [0.15, 0.2) is 16.6 Å². The molecule has 110 valence electrons. The molecule has 1 N–H and O–H groups in total. The molecule has 0 spiro atoms. The van der Waals surface area contributed by atoms with Gasteiger partial charge in [0.05, 0.1) is 23.2 Å². The number of carbonyl (C=O) groups is 1. The lowest BCUT2D eigenvalue weighted by Crippen LogP contribution is -2.28. The Bertz CT molecular complexity index is 483. The van der Waals surface area contributed by atoms with E-state index in [0.29, 0.717) is 29.2 Å². The van der Waals surface area contributed by atoms with Crippen LogP contribution in [-0.4, -0.2) is 37.0 Å². The topological polar surface area (TPSA) is 65.0 Å². The number of aromatic carboxylic acids is 1. The third kappa shape index (κ3) is 3.64. The van der Waals surface area contributed by atoms with E-state index >= 15 is 0 Å². The molecule has 5 nitrogen and oxygen atoms in total. The number of carboxylic acids is 1.